The van der Waals surface area contributed by atoms with Gasteiger partial charge >= 0.3 is 0 Å². The molecule has 3 atom stereocenters. The number of benzene rings is 2. The number of phenolic OH excluding ortho intramolecular Hbond substituents is 1. The summed E-state index contributed by atoms with van der Waals surface area (Å²) in [6.45, 7) is 0. The van der Waals surface area contributed by atoms with Crippen molar-refractivity contribution in [3.05, 3.63) is 77.6 Å². The third-order valence-corrected chi connectivity index (χ3v) is 5.94. The summed E-state index contributed by atoms with van der Waals surface area (Å²) in [6, 6.07) is 10.9. The lowest BCUT2D eigenvalue weighted by Crippen LogP contribution is -2.11. The van der Waals surface area contributed by atoms with Gasteiger partial charge in [0.2, 0.25) is 0 Å². The highest BCUT2D eigenvalue weighted by molar-refractivity contribution is 7.55. The van der Waals surface area contributed by atoms with Gasteiger partial charge in [-0.15, -0.1) is 9.24 Å². The van der Waals surface area contributed by atoms with Crippen LogP contribution in [0.5, 0.6) is 5.75 Å². The van der Waals surface area contributed by atoms with Crippen LogP contribution in [0.15, 0.2) is 60.7 Å². The van der Waals surface area contributed by atoms with Crippen molar-refractivity contribution in [1.29, 1.82) is 0 Å². The molecule has 2 aromatic carbocycles. The standard InChI is InChI=1S/C20H21FOP2/c21-17-8-4-5-9-18(17)24-19-12-15(11-16(13-23)20(19)22)10-14-6-2-1-3-7-14/h1-6,8-9,11-12,14,22,24H,7,10,13,23H2. The number of allylic oxidation sites excluding steroid dienone is 4. The fraction of sp³-hybridized carbons (Fsp3) is 0.200. The Bertz CT molecular complexity index is 783. The number of phenols is 1. The first-order valence-electron chi connectivity index (χ1n) is 8.07. The predicted octanol–water partition coefficient (Wildman–Crippen LogP) is 4.21. The Morgan fingerprint density at radius 1 is 1.17 bits per heavy atom. The van der Waals surface area contributed by atoms with Crippen molar-refractivity contribution < 1.29 is 9.50 Å². The quantitative estimate of drug-likeness (QED) is 0.794. The monoisotopic (exact) mass is 358 g/mol. The van der Waals surface area contributed by atoms with Crippen LogP contribution in [-0.4, -0.2) is 5.11 Å². The van der Waals surface area contributed by atoms with E-state index in [2.05, 4.69) is 39.6 Å². The van der Waals surface area contributed by atoms with Crippen LogP contribution in [0.1, 0.15) is 17.5 Å². The van der Waals surface area contributed by atoms with Gasteiger partial charge in [0.15, 0.2) is 0 Å². The highest BCUT2D eigenvalue weighted by Gasteiger charge is 2.14. The molecule has 0 saturated heterocycles. The van der Waals surface area contributed by atoms with Crippen molar-refractivity contribution in [3.8, 4) is 5.75 Å². The number of aromatic hydroxyl groups is 1. The zero-order valence-corrected chi connectivity index (χ0v) is 15.5. The van der Waals surface area contributed by atoms with Gasteiger partial charge in [-0.25, -0.2) is 4.39 Å². The first-order chi connectivity index (χ1) is 11.7. The molecular weight excluding hydrogens is 337 g/mol. The maximum absolute atomic E-state index is 14.0. The Kier molecular flexibility index (Phi) is 5.82. The van der Waals surface area contributed by atoms with Crippen LogP contribution in [0.2, 0.25) is 0 Å². The molecule has 24 heavy (non-hydrogen) atoms. The molecule has 3 rings (SSSR count). The molecule has 0 fully saturated rings. The maximum Gasteiger partial charge on any atom is 0.130 e. The largest absolute Gasteiger partial charge is 0.507 e. The van der Waals surface area contributed by atoms with E-state index >= 15 is 0 Å². The van der Waals surface area contributed by atoms with E-state index in [1.54, 1.807) is 12.1 Å². The molecule has 0 bridgehead atoms. The first kappa shape index (κ1) is 17.3. The molecule has 0 aliphatic heterocycles. The van der Waals surface area contributed by atoms with Crippen molar-refractivity contribution in [2.75, 3.05) is 0 Å². The lowest BCUT2D eigenvalue weighted by Gasteiger charge is -2.16. The molecule has 1 aliphatic carbocycles. The molecule has 2 aromatic rings. The van der Waals surface area contributed by atoms with Crippen LogP contribution in [-0.2, 0) is 12.6 Å². The van der Waals surface area contributed by atoms with Gasteiger partial charge in [0.05, 0.1) is 0 Å². The Morgan fingerprint density at radius 3 is 2.71 bits per heavy atom. The van der Waals surface area contributed by atoms with Crippen LogP contribution < -0.4 is 10.6 Å². The highest BCUT2D eigenvalue weighted by atomic mass is 31.1. The van der Waals surface area contributed by atoms with E-state index in [-0.39, 0.29) is 14.4 Å². The minimum absolute atomic E-state index is 0.116. The van der Waals surface area contributed by atoms with E-state index in [1.807, 2.05) is 12.1 Å². The Labute approximate surface area is 146 Å². The fourth-order valence-electron chi connectivity index (χ4n) is 2.92. The van der Waals surface area contributed by atoms with Crippen molar-refractivity contribution in [3.63, 3.8) is 0 Å². The van der Waals surface area contributed by atoms with E-state index in [0.29, 0.717) is 23.1 Å². The van der Waals surface area contributed by atoms with E-state index < -0.39 is 0 Å². The van der Waals surface area contributed by atoms with Gasteiger partial charge in [0, 0.05) is 10.6 Å². The lowest BCUT2D eigenvalue weighted by atomic mass is 9.92. The van der Waals surface area contributed by atoms with Crippen LogP contribution >= 0.6 is 17.8 Å². The van der Waals surface area contributed by atoms with Crippen molar-refractivity contribution >= 4 is 28.4 Å². The van der Waals surface area contributed by atoms with Gasteiger partial charge in [-0.2, -0.15) is 0 Å². The molecule has 0 saturated carbocycles. The number of hydrogen-bond donors (Lipinski definition) is 1. The molecule has 1 nitrogen and oxygen atoms in total. The van der Waals surface area contributed by atoms with Gasteiger partial charge in [-0.1, -0.05) is 57.2 Å². The summed E-state index contributed by atoms with van der Waals surface area (Å²) in [6.07, 6.45) is 11.2. The van der Waals surface area contributed by atoms with Gasteiger partial charge < -0.3 is 5.11 Å². The minimum Gasteiger partial charge on any atom is -0.507 e. The second kappa shape index (κ2) is 8.06. The summed E-state index contributed by atoms with van der Waals surface area (Å²) in [7, 11) is 2.78. The highest BCUT2D eigenvalue weighted by Crippen LogP contribution is 2.28. The zero-order chi connectivity index (χ0) is 16.9. The fourth-order valence-corrected chi connectivity index (χ4v) is 4.44. The summed E-state index contributed by atoms with van der Waals surface area (Å²) in [4.78, 5) is 0. The second-order valence-corrected chi connectivity index (χ2v) is 7.71. The van der Waals surface area contributed by atoms with E-state index in [4.69, 9.17) is 0 Å². The smallest absolute Gasteiger partial charge is 0.130 e. The predicted molar refractivity (Wildman–Crippen MR) is 106 cm³/mol. The summed E-state index contributed by atoms with van der Waals surface area (Å²) < 4.78 is 14.0. The van der Waals surface area contributed by atoms with Crippen LogP contribution in [0.4, 0.5) is 4.39 Å². The van der Waals surface area contributed by atoms with Crippen molar-refractivity contribution in [2.24, 2.45) is 5.92 Å². The molecule has 124 valence electrons. The SMILES string of the molecule is Oc1c(CP)cc(CC2C=CC=CC2)cc1Pc1ccccc1F. The Hall–Kier alpha value is -1.49. The summed E-state index contributed by atoms with van der Waals surface area (Å²) >= 11 is 0. The number of hydrogen-bond acceptors (Lipinski definition) is 1. The maximum atomic E-state index is 14.0. The molecule has 0 radical (unpaired) electrons. The normalized spacial score (nSPS) is 17.0. The zero-order valence-electron chi connectivity index (χ0n) is 13.4. The molecule has 0 amide bonds. The van der Waals surface area contributed by atoms with Gasteiger partial charge in [-0.3, -0.25) is 0 Å². The first-order valence-corrected chi connectivity index (χ1v) is 9.88. The van der Waals surface area contributed by atoms with Gasteiger partial charge in [0.25, 0.3) is 0 Å². The van der Waals surface area contributed by atoms with E-state index in [1.165, 1.54) is 11.6 Å². The van der Waals surface area contributed by atoms with E-state index in [0.717, 1.165) is 23.7 Å². The molecule has 1 aliphatic rings. The number of rotatable bonds is 5. The average Bonchev–Trinajstić information content (AvgIpc) is 2.60. The Morgan fingerprint density at radius 2 is 2.00 bits per heavy atom. The molecule has 0 heterocycles. The summed E-state index contributed by atoms with van der Waals surface area (Å²) in [5.74, 6) is 0.573. The molecule has 0 aromatic heterocycles. The van der Waals surface area contributed by atoms with Crippen LogP contribution in [0.3, 0.4) is 0 Å². The lowest BCUT2D eigenvalue weighted by molar-refractivity contribution is 0.474. The van der Waals surface area contributed by atoms with Crippen molar-refractivity contribution in [2.45, 2.75) is 19.0 Å². The van der Waals surface area contributed by atoms with Gasteiger partial charge in [-0.05, 0) is 48.2 Å². The second-order valence-electron chi connectivity index (χ2n) is 5.97. The molecule has 4 heteroatoms. The third kappa shape index (κ3) is 4.12. The average molecular weight is 358 g/mol. The Balaban J connectivity index is 1.90. The van der Waals surface area contributed by atoms with Crippen molar-refractivity contribution in [1.82, 2.24) is 0 Å². The molecule has 0 spiro atoms. The third-order valence-electron chi connectivity index (χ3n) is 4.18. The minimum atomic E-state index is -0.214. The topological polar surface area (TPSA) is 20.2 Å². The number of halogens is 1. The van der Waals surface area contributed by atoms with Gasteiger partial charge in [0.1, 0.15) is 11.6 Å². The molecular formula is C20H21FOP2. The van der Waals surface area contributed by atoms with Crippen LogP contribution in [0.25, 0.3) is 0 Å². The summed E-state index contributed by atoms with van der Waals surface area (Å²) in [5.41, 5.74) is 2.11. The molecule has 1 N–H and O–H groups in total. The summed E-state index contributed by atoms with van der Waals surface area (Å²) in [5, 5.41) is 12.0. The van der Waals surface area contributed by atoms with Crippen LogP contribution in [0, 0.1) is 11.7 Å². The van der Waals surface area contributed by atoms with E-state index in [9.17, 15) is 9.50 Å². The molecule has 3 unspecified atom stereocenters.